The Balaban J connectivity index is 2.18. The van der Waals surface area contributed by atoms with Crippen LogP contribution in [0.15, 0.2) is 0 Å². The van der Waals surface area contributed by atoms with Gasteiger partial charge in [-0.3, -0.25) is 4.79 Å². The Labute approximate surface area is 90.7 Å². The maximum atomic E-state index is 11.4. The van der Waals surface area contributed by atoms with Gasteiger partial charge in [0.15, 0.2) is 0 Å². The monoisotopic (exact) mass is 215 g/mol. The zero-order valence-corrected chi connectivity index (χ0v) is 9.11. The number of aliphatic hydroxyl groups excluding tert-OH is 2. The SMILES string of the molecule is O=C(CCCCO)NC1CCCCC1O. The number of rotatable bonds is 5. The highest BCUT2D eigenvalue weighted by molar-refractivity contribution is 5.76. The molecule has 0 aromatic heterocycles. The van der Waals surface area contributed by atoms with Crippen LogP contribution < -0.4 is 5.32 Å². The molecule has 0 aromatic carbocycles. The number of nitrogens with one attached hydrogen (secondary N) is 1. The number of carbonyl (C=O) groups is 1. The van der Waals surface area contributed by atoms with Crippen LogP contribution in [0.2, 0.25) is 0 Å². The van der Waals surface area contributed by atoms with Crippen molar-refractivity contribution in [2.75, 3.05) is 6.61 Å². The Hall–Kier alpha value is -0.610. The minimum absolute atomic E-state index is 0.00519. The molecule has 88 valence electrons. The van der Waals surface area contributed by atoms with Gasteiger partial charge < -0.3 is 15.5 Å². The van der Waals surface area contributed by atoms with Crippen molar-refractivity contribution in [2.24, 2.45) is 0 Å². The molecular formula is C11H21NO3. The van der Waals surface area contributed by atoms with E-state index in [9.17, 15) is 9.90 Å². The van der Waals surface area contributed by atoms with Crippen molar-refractivity contribution >= 4 is 5.91 Å². The molecule has 1 amide bonds. The lowest BCUT2D eigenvalue weighted by atomic mass is 9.92. The molecule has 1 aliphatic rings. The van der Waals surface area contributed by atoms with Gasteiger partial charge in [0.25, 0.3) is 0 Å². The van der Waals surface area contributed by atoms with Crippen molar-refractivity contribution in [3.8, 4) is 0 Å². The molecule has 0 aromatic rings. The van der Waals surface area contributed by atoms with Gasteiger partial charge in [0.05, 0.1) is 12.1 Å². The van der Waals surface area contributed by atoms with E-state index in [1.807, 2.05) is 0 Å². The largest absolute Gasteiger partial charge is 0.396 e. The minimum Gasteiger partial charge on any atom is -0.396 e. The molecule has 0 saturated heterocycles. The van der Waals surface area contributed by atoms with Crippen molar-refractivity contribution in [3.05, 3.63) is 0 Å². The van der Waals surface area contributed by atoms with Crippen LogP contribution in [0.3, 0.4) is 0 Å². The highest BCUT2D eigenvalue weighted by Gasteiger charge is 2.23. The second-order valence-corrected chi connectivity index (χ2v) is 4.21. The van der Waals surface area contributed by atoms with E-state index in [4.69, 9.17) is 5.11 Å². The molecule has 1 aliphatic carbocycles. The van der Waals surface area contributed by atoms with Gasteiger partial charge in [-0.25, -0.2) is 0 Å². The zero-order valence-electron chi connectivity index (χ0n) is 9.11. The van der Waals surface area contributed by atoms with Gasteiger partial charge in [0, 0.05) is 13.0 Å². The van der Waals surface area contributed by atoms with Crippen molar-refractivity contribution in [2.45, 2.75) is 57.1 Å². The summed E-state index contributed by atoms with van der Waals surface area (Å²) in [6.45, 7) is 0.138. The number of amides is 1. The molecule has 4 nitrogen and oxygen atoms in total. The molecule has 2 atom stereocenters. The topological polar surface area (TPSA) is 69.6 Å². The molecule has 1 rings (SSSR count). The Bertz CT molecular complexity index is 196. The van der Waals surface area contributed by atoms with E-state index in [2.05, 4.69) is 5.32 Å². The summed E-state index contributed by atoms with van der Waals surface area (Å²) in [4.78, 5) is 11.4. The molecule has 2 unspecified atom stereocenters. The molecule has 1 fully saturated rings. The molecule has 0 radical (unpaired) electrons. The van der Waals surface area contributed by atoms with Gasteiger partial charge in [0.2, 0.25) is 5.91 Å². The molecular weight excluding hydrogens is 194 g/mol. The van der Waals surface area contributed by atoms with Crippen LogP contribution in [-0.4, -0.2) is 34.9 Å². The van der Waals surface area contributed by atoms with Gasteiger partial charge >= 0.3 is 0 Å². The smallest absolute Gasteiger partial charge is 0.220 e. The third-order valence-corrected chi connectivity index (χ3v) is 2.89. The average Bonchev–Trinajstić information content (AvgIpc) is 2.22. The van der Waals surface area contributed by atoms with Crippen LogP contribution in [0.25, 0.3) is 0 Å². The predicted molar refractivity (Wildman–Crippen MR) is 57.3 cm³/mol. The molecule has 0 spiro atoms. The second-order valence-electron chi connectivity index (χ2n) is 4.21. The summed E-state index contributed by atoms with van der Waals surface area (Å²) < 4.78 is 0. The van der Waals surface area contributed by atoms with Crippen molar-refractivity contribution in [1.82, 2.24) is 5.32 Å². The van der Waals surface area contributed by atoms with Gasteiger partial charge in [-0.2, -0.15) is 0 Å². The van der Waals surface area contributed by atoms with Crippen molar-refractivity contribution in [3.63, 3.8) is 0 Å². The summed E-state index contributed by atoms with van der Waals surface area (Å²) in [6, 6.07) is -0.0552. The van der Waals surface area contributed by atoms with E-state index in [1.54, 1.807) is 0 Å². The molecule has 0 heterocycles. The lowest BCUT2D eigenvalue weighted by molar-refractivity contribution is -0.123. The Kier molecular flexibility index (Phi) is 5.65. The van der Waals surface area contributed by atoms with Crippen LogP contribution in [0.4, 0.5) is 0 Å². The van der Waals surface area contributed by atoms with Crippen LogP contribution >= 0.6 is 0 Å². The third kappa shape index (κ3) is 4.62. The first-order valence-corrected chi connectivity index (χ1v) is 5.82. The fraction of sp³-hybridized carbons (Fsp3) is 0.909. The standard InChI is InChI=1S/C11H21NO3/c13-8-4-3-7-11(15)12-9-5-1-2-6-10(9)14/h9-10,13-14H,1-8H2,(H,12,15). The van der Waals surface area contributed by atoms with E-state index in [-0.39, 0.29) is 24.7 Å². The number of hydrogen-bond donors (Lipinski definition) is 3. The van der Waals surface area contributed by atoms with Crippen LogP contribution in [-0.2, 0) is 4.79 Å². The number of hydrogen-bond acceptors (Lipinski definition) is 3. The molecule has 3 N–H and O–H groups in total. The first kappa shape index (κ1) is 12.5. The number of carbonyl (C=O) groups excluding carboxylic acids is 1. The lowest BCUT2D eigenvalue weighted by Gasteiger charge is -2.28. The van der Waals surface area contributed by atoms with Gasteiger partial charge in [-0.15, -0.1) is 0 Å². The lowest BCUT2D eigenvalue weighted by Crippen LogP contribution is -2.44. The van der Waals surface area contributed by atoms with Gasteiger partial charge in [-0.05, 0) is 25.7 Å². The number of unbranched alkanes of at least 4 members (excludes halogenated alkanes) is 1. The summed E-state index contributed by atoms with van der Waals surface area (Å²) in [5.41, 5.74) is 0. The molecule has 1 saturated carbocycles. The van der Waals surface area contributed by atoms with E-state index >= 15 is 0 Å². The zero-order chi connectivity index (χ0) is 11.1. The summed E-state index contributed by atoms with van der Waals surface area (Å²) in [6.07, 6.45) is 5.27. The van der Waals surface area contributed by atoms with Crippen LogP contribution in [0.1, 0.15) is 44.9 Å². The van der Waals surface area contributed by atoms with E-state index in [1.165, 1.54) is 0 Å². The first-order chi connectivity index (χ1) is 7.24. The average molecular weight is 215 g/mol. The third-order valence-electron chi connectivity index (χ3n) is 2.89. The highest BCUT2D eigenvalue weighted by Crippen LogP contribution is 2.18. The number of aliphatic hydroxyl groups is 2. The first-order valence-electron chi connectivity index (χ1n) is 5.82. The maximum absolute atomic E-state index is 11.4. The summed E-state index contributed by atoms with van der Waals surface area (Å²) in [5, 5.41) is 21.1. The maximum Gasteiger partial charge on any atom is 0.220 e. The highest BCUT2D eigenvalue weighted by atomic mass is 16.3. The normalized spacial score (nSPS) is 26.3. The van der Waals surface area contributed by atoms with Gasteiger partial charge in [0.1, 0.15) is 0 Å². The Morgan fingerprint density at radius 2 is 2.00 bits per heavy atom. The molecule has 4 heteroatoms. The van der Waals surface area contributed by atoms with Crippen molar-refractivity contribution in [1.29, 1.82) is 0 Å². The quantitative estimate of drug-likeness (QED) is 0.587. The van der Waals surface area contributed by atoms with E-state index in [0.717, 1.165) is 25.7 Å². The minimum atomic E-state index is -0.374. The van der Waals surface area contributed by atoms with Gasteiger partial charge in [-0.1, -0.05) is 12.8 Å². The summed E-state index contributed by atoms with van der Waals surface area (Å²) in [7, 11) is 0. The Morgan fingerprint density at radius 3 is 2.67 bits per heavy atom. The van der Waals surface area contributed by atoms with E-state index < -0.39 is 0 Å². The van der Waals surface area contributed by atoms with Crippen LogP contribution in [0, 0.1) is 0 Å². The summed E-state index contributed by atoms with van der Waals surface area (Å²) >= 11 is 0. The molecule has 15 heavy (non-hydrogen) atoms. The molecule has 0 bridgehead atoms. The molecule has 0 aliphatic heterocycles. The van der Waals surface area contributed by atoms with Crippen LogP contribution in [0.5, 0.6) is 0 Å². The van der Waals surface area contributed by atoms with E-state index in [0.29, 0.717) is 19.3 Å². The fourth-order valence-corrected chi connectivity index (χ4v) is 1.96. The Morgan fingerprint density at radius 1 is 1.27 bits per heavy atom. The van der Waals surface area contributed by atoms with Crippen molar-refractivity contribution < 1.29 is 15.0 Å². The summed E-state index contributed by atoms with van der Waals surface area (Å²) in [5.74, 6) is -0.00519. The second kappa shape index (κ2) is 6.80. The predicted octanol–water partition coefficient (Wildman–Crippen LogP) is 0.569. The fourth-order valence-electron chi connectivity index (χ4n) is 1.96.